The zero-order valence-corrected chi connectivity index (χ0v) is 16.2. The van der Waals surface area contributed by atoms with Crippen molar-refractivity contribution in [1.29, 1.82) is 0 Å². The van der Waals surface area contributed by atoms with Crippen molar-refractivity contribution in [2.75, 3.05) is 20.3 Å². The number of carbonyl (C=O) groups excluding carboxylic acids is 1. The van der Waals surface area contributed by atoms with Crippen molar-refractivity contribution >= 4 is 27.3 Å². The lowest BCUT2D eigenvalue weighted by molar-refractivity contribution is -0.145. The molecule has 3 heterocycles. The van der Waals surface area contributed by atoms with E-state index in [-0.39, 0.29) is 18.0 Å². The molecule has 2 aromatic rings. The van der Waals surface area contributed by atoms with Crippen molar-refractivity contribution in [2.45, 2.75) is 29.4 Å². The monoisotopic (exact) mass is 409 g/mol. The number of esters is 1. The molecule has 3 unspecified atom stereocenters. The number of hydrogen-bond acceptors (Lipinski definition) is 7. The molecule has 3 atom stereocenters. The lowest BCUT2D eigenvalue weighted by Gasteiger charge is -2.27. The highest BCUT2D eigenvalue weighted by Gasteiger charge is 2.53. The van der Waals surface area contributed by atoms with Gasteiger partial charge in [-0.3, -0.25) is 4.79 Å². The predicted molar refractivity (Wildman–Crippen MR) is 98.4 cm³/mol. The van der Waals surface area contributed by atoms with Crippen molar-refractivity contribution in [3.05, 3.63) is 46.2 Å². The maximum atomic E-state index is 13.3. The Labute approximate surface area is 161 Å². The van der Waals surface area contributed by atoms with Gasteiger partial charge < -0.3 is 14.6 Å². The molecular weight excluding hydrogens is 390 g/mol. The van der Waals surface area contributed by atoms with Crippen LogP contribution >= 0.6 is 11.3 Å². The van der Waals surface area contributed by atoms with Crippen LogP contribution in [0.15, 0.2) is 40.6 Å². The first-order chi connectivity index (χ1) is 13.0. The second-order valence-corrected chi connectivity index (χ2v) is 9.36. The van der Waals surface area contributed by atoms with Crippen LogP contribution in [-0.2, 0) is 26.0 Å². The average molecular weight is 409 g/mol. The van der Waals surface area contributed by atoms with E-state index < -0.39 is 34.1 Å². The molecule has 1 N–H and O–H groups in total. The van der Waals surface area contributed by atoms with Crippen LogP contribution in [-0.4, -0.2) is 56.2 Å². The molecule has 0 spiro atoms. The molecule has 9 heteroatoms. The Bertz CT molecular complexity index is 952. The minimum Gasteiger partial charge on any atom is -0.497 e. The number of hydrogen-bond donors (Lipinski definition) is 1. The highest BCUT2D eigenvalue weighted by Crippen LogP contribution is 2.43. The number of benzene rings is 1. The third-order valence-corrected chi connectivity index (χ3v) is 8.00. The van der Waals surface area contributed by atoms with Gasteiger partial charge in [0.15, 0.2) is 0 Å². The number of aliphatic hydroxyl groups excluding tert-OH is 1. The van der Waals surface area contributed by atoms with Crippen LogP contribution in [0.5, 0.6) is 5.75 Å². The molecular formula is C18H19NO6S2. The van der Waals surface area contributed by atoms with E-state index in [1.165, 1.54) is 34.9 Å². The van der Waals surface area contributed by atoms with Crippen molar-refractivity contribution in [3.63, 3.8) is 0 Å². The Balaban J connectivity index is 1.78. The minimum absolute atomic E-state index is 0.0903. The van der Waals surface area contributed by atoms with E-state index in [0.29, 0.717) is 12.2 Å². The smallest absolute Gasteiger partial charge is 0.325 e. The summed E-state index contributed by atoms with van der Waals surface area (Å²) in [5.41, 5.74) is 0.891. The first kappa shape index (κ1) is 18.4. The second-order valence-electron chi connectivity index (χ2n) is 6.47. The third-order valence-electron chi connectivity index (χ3n) is 5.10. The van der Waals surface area contributed by atoms with Crippen LogP contribution in [0.1, 0.15) is 16.4 Å². The minimum atomic E-state index is -3.92. The van der Waals surface area contributed by atoms with Crippen LogP contribution in [0.3, 0.4) is 0 Å². The summed E-state index contributed by atoms with van der Waals surface area (Å²) in [6, 6.07) is 6.99. The van der Waals surface area contributed by atoms with E-state index in [2.05, 4.69) is 0 Å². The molecule has 4 rings (SSSR count). The van der Waals surface area contributed by atoms with Crippen LogP contribution in [0, 0.1) is 0 Å². The lowest BCUT2D eigenvalue weighted by atomic mass is 9.90. The van der Waals surface area contributed by atoms with Gasteiger partial charge in [-0.05, 0) is 47.7 Å². The summed E-state index contributed by atoms with van der Waals surface area (Å²) < 4.78 is 38.3. The van der Waals surface area contributed by atoms with Crippen LogP contribution in [0.4, 0.5) is 0 Å². The molecule has 2 aliphatic rings. The van der Waals surface area contributed by atoms with Crippen molar-refractivity contribution in [2.24, 2.45) is 0 Å². The Morgan fingerprint density at radius 1 is 1.30 bits per heavy atom. The van der Waals surface area contributed by atoms with Gasteiger partial charge in [0.25, 0.3) is 0 Å². The molecule has 0 bridgehead atoms. The zero-order valence-electron chi connectivity index (χ0n) is 14.6. The third kappa shape index (κ3) is 2.94. The summed E-state index contributed by atoms with van der Waals surface area (Å²) in [5, 5.41) is 11.6. The second kappa shape index (κ2) is 6.90. The van der Waals surface area contributed by atoms with E-state index >= 15 is 0 Å². The molecule has 0 saturated carbocycles. The molecule has 27 heavy (non-hydrogen) atoms. The first-order valence-corrected chi connectivity index (χ1v) is 10.8. The van der Waals surface area contributed by atoms with E-state index in [4.69, 9.17) is 9.47 Å². The number of sulfonamides is 1. The lowest BCUT2D eigenvalue weighted by Crippen LogP contribution is -2.46. The van der Waals surface area contributed by atoms with Crippen LogP contribution in [0.2, 0.25) is 0 Å². The molecule has 0 amide bonds. The molecule has 1 aromatic carbocycles. The fourth-order valence-electron chi connectivity index (χ4n) is 3.81. The average Bonchev–Trinajstić information content (AvgIpc) is 3.21. The summed E-state index contributed by atoms with van der Waals surface area (Å²) in [6.45, 7) is -0.172. The molecule has 0 radical (unpaired) electrons. The van der Waals surface area contributed by atoms with Gasteiger partial charge in [-0.15, -0.1) is 11.3 Å². The van der Waals surface area contributed by atoms with Gasteiger partial charge >= 0.3 is 5.97 Å². The standard InChI is InChI=1S/C18H19NO6S2/c1-24-11-2-4-12(5-3-11)27(22,23)19-8-6-15-13(7-9-26-15)16-14(10-20)25-18(21)17(16)19/h2-5,7,9,14,16-17,20H,6,8,10H2,1H3. The molecule has 1 fully saturated rings. The number of carbonyl (C=O) groups is 1. The zero-order chi connectivity index (χ0) is 19.2. The highest BCUT2D eigenvalue weighted by molar-refractivity contribution is 7.89. The fraction of sp³-hybridized carbons (Fsp3) is 0.389. The van der Waals surface area contributed by atoms with Gasteiger partial charge in [-0.1, -0.05) is 0 Å². The summed E-state index contributed by atoms with van der Waals surface area (Å²) in [7, 11) is -2.42. The maximum absolute atomic E-state index is 13.3. The molecule has 1 aromatic heterocycles. The number of methoxy groups -OCH3 is 1. The molecule has 7 nitrogen and oxygen atoms in total. The van der Waals surface area contributed by atoms with Gasteiger partial charge in [0.1, 0.15) is 17.9 Å². The molecule has 2 aliphatic heterocycles. The first-order valence-electron chi connectivity index (χ1n) is 8.51. The largest absolute Gasteiger partial charge is 0.497 e. The molecule has 144 valence electrons. The van der Waals surface area contributed by atoms with Gasteiger partial charge in [0.2, 0.25) is 10.0 Å². The van der Waals surface area contributed by atoms with Gasteiger partial charge in [0.05, 0.1) is 24.5 Å². The van der Waals surface area contributed by atoms with Crippen LogP contribution < -0.4 is 4.74 Å². The SMILES string of the molecule is COc1ccc(S(=O)(=O)N2CCc3sccc3C3C(CO)OC(=O)C32)cc1. The number of thiophene rings is 1. The topological polar surface area (TPSA) is 93.1 Å². The van der Waals surface area contributed by atoms with E-state index in [1.807, 2.05) is 11.4 Å². The number of ether oxygens (including phenoxy) is 2. The van der Waals surface area contributed by atoms with Crippen molar-refractivity contribution in [3.8, 4) is 5.75 Å². The Hall–Kier alpha value is -1.94. The summed E-state index contributed by atoms with van der Waals surface area (Å²) in [4.78, 5) is 13.7. The fourth-order valence-corrected chi connectivity index (χ4v) is 6.34. The molecule has 1 saturated heterocycles. The quantitative estimate of drug-likeness (QED) is 0.767. The highest BCUT2D eigenvalue weighted by atomic mass is 32.2. The maximum Gasteiger partial charge on any atom is 0.325 e. The van der Waals surface area contributed by atoms with Crippen molar-refractivity contribution < 1.29 is 27.8 Å². The number of fused-ring (bicyclic) bond motifs is 3. The van der Waals surface area contributed by atoms with Crippen molar-refractivity contribution in [1.82, 2.24) is 4.31 Å². The number of cyclic esters (lactones) is 1. The van der Waals surface area contributed by atoms with E-state index in [1.54, 1.807) is 12.1 Å². The van der Waals surface area contributed by atoms with E-state index in [0.717, 1.165) is 10.4 Å². The Morgan fingerprint density at radius 3 is 2.70 bits per heavy atom. The Kier molecular flexibility index (Phi) is 4.71. The Morgan fingerprint density at radius 2 is 2.04 bits per heavy atom. The van der Waals surface area contributed by atoms with Gasteiger partial charge in [0, 0.05) is 11.4 Å². The normalized spacial score (nSPS) is 25.4. The number of aliphatic hydroxyl groups is 1. The van der Waals surface area contributed by atoms with Gasteiger partial charge in [-0.25, -0.2) is 8.42 Å². The summed E-state index contributed by atoms with van der Waals surface area (Å²) in [6.07, 6.45) is -0.233. The van der Waals surface area contributed by atoms with Gasteiger partial charge in [-0.2, -0.15) is 4.31 Å². The predicted octanol–water partition coefficient (Wildman–Crippen LogP) is 1.37. The van der Waals surface area contributed by atoms with Crippen LogP contribution in [0.25, 0.3) is 0 Å². The molecule has 0 aliphatic carbocycles. The number of nitrogens with zero attached hydrogens (tertiary/aromatic N) is 1. The number of rotatable bonds is 4. The summed E-state index contributed by atoms with van der Waals surface area (Å²) >= 11 is 1.53. The van der Waals surface area contributed by atoms with E-state index in [9.17, 15) is 18.3 Å². The summed E-state index contributed by atoms with van der Waals surface area (Å²) in [5.74, 6) is -0.583.